The van der Waals surface area contributed by atoms with E-state index in [9.17, 15) is 14.8 Å². The highest BCUT2D eigenvalue weighted by atomic mass is 35.5. The fourth-order valence-electron chi connectivity index (χ4n) is 2.00. The van der Waals surface area contributed by atoms with Gasteiger partial charge in [0.2, 0.25) is 0 Å². The molecular formula is C16H15ClN2O4. The van der Waals surface area contributed by atoms with Crippen LogP contribution in [0.4, 0.5) is 0 Å². The second kappa shape index (κ2) is 7.60. The van der Waals surface area contributed by atoms with Gasteiger partial charge in [0, 0.05) is 17.2 Å². The molecule has 2 rings (SSSR count). The molecule has 7 heteroatoms. The van der Waals surface area contributed by atoms with E-state index in [0.717, 1.165) is 5.56 Å². The molecule has 0 radical (unpaired) electrons. The molecule has 6 nitrogen and oxygen atoms in total. The predicted octanol–water partition coefficient (Wildman–Crippen LogP) is 2.01. The number of rotatable bonds is 5. The average Bonchev–Trinajstić information content (AvgIpc) is 2.55. The molecule has 23 heavy (non-hydrogen) atoms. The Bertz CT molecular complexity index is 686. The lowest BCUT2D eigenvalue weighted by atomic mass is 10.0. The summed E-state index contributed by atoms with van der Waals surface area (Å²) in [6.45, 7) is 0. The summed E-state index contributed by atoms with van der Waals surface area (Å²) in [5.41, 5.74) is 1.05. The number of hydrogen-bond acceptors (Lipinski definition) is 4. The van der Waals surface area contributed by atoms with E-state index in [0.29, 0.717) is 15.3 Å². The normalized spacial score (nSPS) is 11.6. The first-order chi connectivity index (χ1) is 11.0. The van der Waals surface area contributed by atoms with Crippen LogP contribution in [0, 0.1) is 5.21 Å². The van der Waals surface area contributed by atoms with Gasteiger partial charge in [-0.25, -0.2) is 0 Å². The average molecular weight is 335 g/mol. The molecule has 0 spiro atoms. The highest BCUT2D eigenvalue weighted by Gasteiger charge is 2.20. The van der Waals surface area contributed by atoms with E-state index in [-0.39, 0.29) is 6.42 Å². The summed E-state index contributed by atoms with van der Waals surface area (Å²) < 4.78 is 5.25. The Morgan fingerprint density at radius 2 is 1.83 bits per heavy atom. The lowest BCUT2D eigenvalue weighted by molar-refractivity contribution is -0.605. The fourth-order valence-corrected chi connectivity index (χ4v) is 2.13. The molecule has 1 aromatic heterocycles. The number of esters is 1. The Morgan fingerprint density at radius 1 is 1.22 bits per heavy atom. The zero-order valence-corrected chi connectivity index (χ0v) is 13.1. The summed E-state index contributed by atoms with van der Waals surface area (Å²) in [6.07, 6.45) is 2.44. The topological polar surface area (TPSA) is 82.3 Å². The minimum absolute atomic E-state index is 0.0156. The van der Waals surface area contributed by atoms with Crippen molar-refractivity contribution in [2.24, 2.45) is 0 Å². The van der Waals surface area contributed by atoms with Gasteiger partial charge in [-0.1, -0.05) is 23.7 Å². The molecule has 1 aromatic carbocycles. The van der Waals surface area contributed by atoms with Crippen molar-refractivity contribution >= 4 is 23.5 Å². The van der Waals surface area contributed by atoms with Gasteiger partial charge in [-0.2, -0.15) is 4.73 Å². The molecule has 2 aromatic rings. The lowest BCUT2D eigenvalue weighted by Crippen LogP contribution is -2.31. The largest absolute Gasteiger partial charge is 0.619 e. The molecule has 0 aliphatic carbocycles. The molecule has 0 bridgehead atoms. The number of methoxy groups -OCH3 is 1. The van der Waals surface area contributed by atoms with Gasteiger partial charge in [-0.3, -0.25) is 9.59 Å². The molecular weight excluding hydrogens is 320 g/mol. The summed E-state index contributed by atoms with van der Waals surface area (Å²) in [5, 5.41) is 14.3. The highest BCUT2D eigenvalue weighted by Crippen LogP contribution is 2.20. The van der Waals surface area contributed by atoms with Crippen molar-refractivity contribution in [3.8, 4) is 0 Å². The van der Waals surface area contributed by atoms with Crippen LogP contribution in [0.2, 0.25) is 5.02 Å². The molecule has 0 aliphatic heterocycles. The predicted molar refractivity (Wildman–Crippen MR) is 83.7 cm³/mol. The van der Waals surface area contributed by atoms with Crippen LogP contribution in [-0.4, -0.2) is 19.0 Å². The van der Waals surface area contributed by atoms with Crippen molar-refractivity contribution in [2.75, 3.05) is 7.11 Å². The van der Waals surface area contributed by atoms with E-state index in [1.807, 2.05) is 0 Å². The molecule has 0 saturated heterocycles. The number of ether oxygens (including phenoxy) is 1. The van der Waals surface area contributed by atoms with Crippen molar-refractivity contribution in [3.05, 3.63) is 70.1 Å². The molecule has 1 N–H and O–H groups in total. The maximum absolute atomic E-state index is 12.3. The van der Waals surface area contributed by atoms with Gasteiger partial charge >= 0.3 is 5.97 Å². The summed E-state index contributed by atoms with van der Waals surface area (Å²) in [6, 6.07) is 9.05. The molecule has 0 aliphatic rings. The molecule has 1 unspecified atom stereocenters. The minimum atomic E-state index is -0.563. The van der Waals surface area contributed by atoms with Crippen LogP contribution < -0.4 is 10.0 Å². The number of nitrogens with zero attached hydrogens (tertiary/aromatic N) is 1. The quantitative estimate of drug-likeness (QED) is 0.515. The maximum atomic E-state index is 12.3. The Labute approximate surface area is 138 Å². The first-order valence-electron chi connectivity index (χ1n) is 6.81. The minimum Gasteiger partial charge on any atom is -0.619 e. The van der Waals surface area contributed by atoms with Gasteiger partial charge in [0.05, 0.1) is 25.1 Å². The van der Waals surface area contributed by atoms with Crippen molar-refractivity contribution in [1.29, 1.82) is 0 Å². The highest BCUT2D eigenvalue weighted by molar-refractivity contribution is 6.30. The molecule has 0 saturated carbocycles. The number of pyridine rings is 1. The Kier molecular flexibility index (Phi) is 5.54. The third kappa shape index (κ3) is 4.69. The first kappa shape index (κ1) is 16.8. The van der Waals surface area contributed by atoms with Crippen LogP contribution in [0.3, 0.4) is 0 Å². The number of carbonyl (C=O) groups is 2. The standard InChI is InChI=1S/C16H15ClN2O4/c1-23-15(20)10-14(11-2-4-13(17)5-3-11)18-16(21)12-6-8-19(22)9-7-12/h2-9,14H,10H2,1H3,(H,18,21). The monoisotopic (exact) mass is 334 g/mol. The molecule has 120 valence electrons. The maximum Gasteiger partial charge on any atom is 0.307 e. The molecule has 1 amide bonds. The van der Waals surface area contributed by atoms with E-state index in [2.05, 4.69) is 10.1 Å². The van der Waals surface area contributed by atoms with Crippen molar-refractivity contribution in [2.45, 2.75) is 12.5 Å². The van der Waals surface area contributed by atoms with Crippen molar-refractivity contribution in [3.63, 3.8) is 0 Å². The number of halogens is 1. The van der Waals surface area contributed by atoms with Gasteiger partial charge in [-0.05, 0) is 17.7 Å². The summed E-state index contributed by atoms with van der Waals surface area (Å²) >= 11 is 5.85. The zero-order chi connectivity index (χ0) is 16.8. The number of amides is 1. The van der Waals surface area contributed by atoms with E-state index >= 15 is 0 Å². The Hall–Kier alpha value is -2.60. The van der Waals surface area contributed by atoms with Crippen molar-refractivity contribution < 1.29 is 19.1 Å². The van der Waals surface area contributed by atoms with E-state index in [4.69, 9.17) is 11.6 Å². The molecule has 0 fully saturated rings. The van der Waals surface area contributed by atoms with Crippen LogP contribution in [-0.2, 0) is 9.53 Å². The zero-order valence-electron chi connectivity index (χ0n) is 12.4. The van der Waals surface area contributed by atoms with Crippen LogP contribution in [0.25, 0.3) is 0 Å². The number of hydrogen-bond donors (Lipinski definition) is 1. The molecule has 1 heterocycles. The summed E-state index contributed by atoms with van der Waals surface area (Å²) in [4.78, 5) is 23.9. The van der Waals surface area contributed by atoms with Gasteiger partial charge in [0.1, 0.15) is 0 Å². The number of benzene rings is 1. The van der Waals surface area contributed by atoms with Gasteiger partial charge < -0.3 is 15.3 Å². The Balaban J connectivity index is 2.19. The van der Waals surface area contributed by atoms with E-state index < -0.39 is 17.9 Å². The fraction of sp³-hybridized carbons (Fsp3) is 0.188. The van der Waals surface area contributed by atoms with E-state index in [1.165, 1.54) is 31.6 Å². The molecule has 1 atom stereocenters. The summed E-state index contributed by atoms with van der Waals surface area (Å²) in [5.74, 6) is -0.842. The third-order valence-electron chi connectivity index (χ3n) is 3.24. The first-order valence-corrected chi connectivity index (χ1v) is 7.19. The third-order valence-corrected chi connectivity index (χ3v) is 3.49. The Morgan fingerprint density at radius 3 is 2.39 bits per heavy atom. The number of nitrogens with one attached hydrogen (secondary N) is 1. The summed E-state index contributed by atoms with van der Waals surface area (Å²) in [7, 11) is 1.28. The van der Waals surface area contributed by atoms with E-state index in [1.54, 1.807) is 24.3 Å². The van der Waals surface area contributed by atoms with Crippen LogP contribution in [0.5, 0.6) is 0 Å². The van der Waals surface area contributed by atoms with Crippen LogP contribution in [0.15, 0.2) is 48.8 Å². The van der Waals surface area contributed by atoms with Gasteiger partial charge in [0.25, 0.3) is 5.91 Å². The number of aromatic nitrogens is 1. The van der Waals surface area contributed by atoms with Crippen LogP contribution in [0.1, 0.15) is 28.4 Å². The lowest BCUT2D eigenvalue weighted by Gasteiger charge is -2.18. The SMILES string of the molecule is COC(=O)CC(NC(=O)c1cc[n+]([O-])cc1)c1ccc(Cl)cc1. The van der Waals surface area contributed by atoms with Crippen LogP contribution >= 0.6 is 11.6 Å². The van der Waals surface area contributed by atoms with Gasteiger partial charge in [0.15, 0.2) is 12.4 Å². The van der Waals surface area contributed by atoms with Crippen molar-refractivity contribution in [1.82, 2.24) is 5.32 Å². The van der Waals surface area contributed by atoms with Gasteiger partial charge in [-0.15, -0.1) is 0 Å². The number of carbonyl (C=O) groups excluding carboxylic acids is 2. The second-order valence-corrected chi connectivity index (χ2v) is 5.24. The smallest absolute Gasteiger partial charge is 0.307 e. The second-order valence-electron chi connectivity index (χ2n) is 4.80.